The van der Waals surface area contributed by atoms with Gasteiger partial charge in [0.2, 0.25) is 0 Å². The van der Waals surface area contributed by atoms with Gasteiger partial charge in [0, 0.05) is 24.8 Å². The van der Waals surface area contributed by atoms with E-state index in [0.717, 1.165) is 22.5 Å². The molecule has 2 N–H and O–H groups in total. The van der Waals surface area contributed by atoms with Gasteiger partial charge in [-0.3, -0.25) is 0 Å². The van der Waals surface area contributed by atoms with Gasteiger partial charge in [-0.25, -0.2) is 4.68 Å². The summed E-state index contributed by atoms with van der Waals surface area (Å²) in [6.07, 6.45) is 1.53. The molecule has 1 unspecified atom stereocenters. The highest BCUT2D eigenvalue weighted by Crippen LogP contribution is 2.14. The van der Waals surface area contributed by atoms with Crippen molar-refractivity contribution in [2.24, 2.45) is 0 Å². The van der Waals surface area contributed by atoms with Crippen LogP contribution in [0.1, 0.15) is 28.5 Å². The summed E-state index contributed by atoms with van der Waals surface area (Å²) >= 11 is 0. The van der Waals surface area contributed by atoms with Crippen molar-refractivity contribution in [1.29, 1.82) is 0 Å². The third kappa shape index (κ3) is 3.91. The van der Waals surface area contributed by atoms with E-state index in [-0.39, 0.29) is 0 Å². The zero-order valence-corrected chi connectivity index (χ0v) is 14.1. The summed E-state index contributed by atoms with van der Waals surface area (Å²) in [7, 11) is 0. The first-order valence-corrected chi connectivity index (χ1v) is 8.19. The predicted octanol–water partition coefficient (Wildman–Crippen LogP) is 3.31. The quantitative estimate of drug-likeness (QED) is 0.732. The Labute approximate surface area is 142 Å². The topological polar surface area (TPSA) is 50.1 Å². The first kappa shape index (κ1) is 16.4. The van der Waals surface area contributed by atoms with Gasteiger partial charge in [0.15, 0.2) is 0 Å². The fraction of sp³-hybridized carbons (Fsp3) is 0.250. The Kier molecular flexibility index (Phi) is 5.08. The van der Waals surface area contributed by atoms with Gasteiger partial charge in [-0.1, -0.05) is 48.0 Å². The van der Waals surface area contributed by atoms with Crippen molar-refractivity contribution < 1.29 is 5.11 Å². The van der Waals surface area contributed by atoms with Crippen LogP contribution in [0.5, 0.6) is 0 Å². The standard InChI is InChI=1S/C20H23N3O/c1-15-8-10-17(11-9-15)20(24)13-21-12-18-14-23(22-16(18)2)19-6-4-3-5-7-19/h3-11,14,20-21,24H,12-13H2,1-2H3. The van der Waals surface area contributed by atoms with Crippen molar-refractivity contribution in [3.63, 3.8) is 0 Å². The molecular weight excluding hydrogens is 298 g/mol. The Hall–Kier alpha value is -2.43. The maximum Gasteiger partial charge on any atom is 0.0914 e. The fourth-order valence-electron chi connectivity index (χ4n) is 2.63. The van der Waals surface area contributed by atoms with E-state index in [1.165, 1.54) is 5.56 Å². The summed E-state index contributed by atoms with van der Waals surface area (Å²) in [5.41, 5.74) is 5.31. The maximum atomic E-state index is 10.3. The number of para-hydroxylation sites is 1. The van der Waals surface area contributed by atoms with Crippen molar-refractivity contribution >= 4 is 0 Å². The van der Waals surface area contributed by atoms with Crippen LogP contribution in [-0.4, -0.2) is 21.4 Å². The number of nitrogens with one attached hydrogen (secondary N) is 1. The van der Waals surface area contributed by atoms with E-state index < -0.39 is 6.10 Å². The lowest BCUT2D eigenvalue weighted by Gasteiger charge is -2.12. The molecule has 0 saturated carbocycles. The highest BCUT2D eigenvalue weighted by Gasteiger charge is 2.09. The molecule has 0 spiro atoms. The molecule has 3 rings (SSSR count). The lowest BCUT2D eigenvalue weighted by molar-refractivity contribution is 0.174. The fourth-order valence-corrected chi connectivity index (χ4v) is 2.63. The molecule has 3 aromatic rings. The van der Waals surface area contributed by atoms with Gasteiger partial charge in [-0.2, -0.15) is 5.10 Å². The molecule has 0 saturated heterocycles. The number of hydrogen-bond donors (Lipinski definition) is 2. The Bertz CT molecular complexity index is 778. The second kappa shape index (κ2) is 7.43. The summed E-state index contributed by atoms with van der Waals surface area (Å²) in [6.45, 7) is 5.25. The van der Waals surface area contributed by atoms with Crippen molar-refractivity contribution in [2.75, 3.05) is 6.54 Å². The van der Waals surface area contributed by atoms with Gasteiger partial charge in [-0.15, -0.1) is 0 Å². The minimum absolute atomic E-state index is 0.505. The van der Waals surface area contributed by atoms with Crippen LogP contribution in [0.4, 0.5) is 0 Å². The molecule has 0 radical (unpaired) electrons. The number of rotatable bonds is 6. The van der Waals surface area contributed by atoms with E-state index in [1.54, 1.807) is 0 Å². The molecule has 4 nitrogen and oxygen atoms in total. The molecule has 0 aliphatic carbocycles. The molecule has 24 heavy (non-hydrogen) atoms. The molecule has 1 atom stereocenters. The highest BCUT2D eigenvalue weighted by atomic mass is 16.3. The Morgan fingerprint density at radius 2 is 1.75 bits per heavy atom. The van der Waals surface area contributed by atoms with E-state index in [4.69, 9.17) is 0 Å². The summed E-state index contributed by atoms with van der Waals surface area (Å²) in [4.78, 5) is 0. The minimum Gasteiger partial charge on any atom is -0.387 e. The molecule has 4 heteroatoms. The van der Waals surface area contributed by atoms with Gasteiger partial charge in [0.25, 0.3) is 0 Å². The molecule has 0 bridgehead atoms. The number of aromatic nitrogens is 2. The summed E-state index contributed by atoms with van der Waals surface area (Å²) < 4.78 is 1.89. The molecular formula is C20H23N3O. The van der Waals surface area contributed by atoms with Gasteiger partial charge in [0.1, 0.15) is 0 Å². The van der Waals surface area contributed by atoms with Crippen LogP contribution in [0.15, 0.2) is 60.8 Å². The first-order chi connectivity index (χ1) is 11.6. The molecule has 0 fully saturated rings. The molecule has 124 valence electrons. The van der Waals surface area contributed by atoms with Gasteiger partial charge >= 0.3 is 0 Å². The summed E-state index contributed by atoms with van der Waals surface area (Å²) in [6, 6.07) is 18.1. The number of aryl methyl sites for hydroxylation is 2. The van der Waals surface area contributed by atoms with Crippen molar-refractivity contribution in [1.82, 2.24) is 15.1 Å². The molecule has 1 aromatic heterocycles. The average Bonchev–Trinajstić information content (AvgIpc) is 2.97. The Morgan fingerprint density at radius 1 is 1.04 bits per heavy atom. The van der Waals surface area contributed by atoms with E-state index in [0.29, 0.717) is 13.1 Å². The van der Waals surface area contributed by atoms with Crippen LogP contribution in [0, 0.1) is 13.8 Å². The van der Waals surface area contributed by atoms with Crippen LogP contribution in [0.3, 0.4) is 0 Å². The van der Waals surface area contributed by atoms with Crippen LogP contribution < -0.4 is 5.32 Å². The molecule has 0 aliphatic heterocycles. The second-order valence-corrected chi connectivity index (χ2v) is 6.08. The Balaban J connectivity index is 1.59. The maximum absolute atomic E-state index is 10.3. The van der Waals surface area contributed by atoms with Gasteiger partial charge in [0.05, 0.1) is 17.5 Å². The zero-order chi connectivity index (χ0) is 16.9. The number of aliphatic hydroxyl groups is 1. The molecule has 0 amide bonds. The van der Waals surface area contributed by atoms with Crippen molar-refractivity contribution in [2.45, 2.75) is 26.5 Å². The summed E-state index contributed by atoms with van der Waals surface area (Å²) in [5, 5.41) is 18.1. The smallest absolute Gasteiger partial charge is 0.0914 e. The highest BCUT2D eigenvalue weighted by molar-refractivity contribution is 5.32. The average molecular weight is 321 g/mol. The third-order valence-electron chi connectivity index (χ3n) is 4.14. The number of aliphatic hydroxyl groups excluding tert-OH is 1. The van der Waals surface area contributed by atoms with Crippen LogP contribution >= 0.6 is 0 Å². The number of benzene rings is 2. The molecule has 1 heterocycles. The van der Waals surface area contributed by atoms with Crippen LogP contribution in [0.25, 0.3) is 5.69 Å². The van der Waals surface area contributed by atoms with Gasteiger partial charge in [-0.05, 0) is 31.5 Å². The molecule has 2 aromatic carbocycles. The third-order valence-corrected chi connectivity index (χ3v) is 4.14. The van der Waals surface area contributed by atoms with Crippen LogP contribution in [-0.2, 0) is 6.54 Å². The summed E-state index contributed by atoms with van der Waals surface area (Å²) in [5.74, 6) is 0. The predicted molar refractivity (Wildman–Crippen MR) is 96.1 cm³/mol. The monoisotopic (exact) mass is 321 g/mol. The normalized spacial score (nSPS) is 12.3. The van der Waals surface area contributed by atoms with E-state index in [2.05, 4.69) is 10.4 Å². The lowest BCUT2D eigenvalue weighted by Crippen LogP contribution is -2.21. The van der Waals surface area contributed by atoms with Crippen LogP contribution in [0.2, 0.25) is 0 Å². The van der Waals surface area contributed by atoms with E-state index in [1.807, 2.05) is 79.3 Å². The zero-order valence-electron chi connectivity index (χ0n) is 14.1. The van der Waals surface area contributed by atoms with Crippen molar-refractivity contribution in [3.05, 3.63) is 83.2 Å². The molecule has 0 aliphatic rings. The van der Waals surface area contributed by atoms with Crippen molar-refractivity contribution in [3.8, 4) is 5.69 Å². The lowest BCUT2D eigenvalue weighted by atomic mass is 10.1. The minimum atomic E-state index is -0.505. The van der Waals surface area contributed by atoms with E-state index >= 15 is 0 Å². The van der Waals surface area contributed by atoms with Gasteiger partial charge < -0.3 is 10.4 Å². The largest absolute Gasteiger partial charge is 0.387 e. The first-order valence-electron chi connectivity index (χ1n) is 8.19. The Morgan fingerprint density at radius 3 is 2.46 bits per heavy atom. The number of nitrogens with zero attached hydrogens (tertiary/aromatic N) is 2. The second-order valence-electron chi connectivity index (χ2n) is 6.08. The SMILES string of the molecule is Cc1ccc(C(O)CNCc2cn(-c3ccccc3)nc2C)cc1. The number of hydrogen-bond acceptors (Lipinski definition) is 3. The van der Waals surface area contributed by atoms with E-state index in [9.17, 15) is 5.11 Å².